The van der Waals surface area contributed by atoms with Crippen molar-refractivity contribution < 1.29 is 15.0 Å². The van der Waals surface area contributed by atoms with Crippen molar-refractivity contribution in [3.8, 4) is 0 Å². The third kappa shape index (κ3) is 10.1. The van der Waals surface area contributed by atoms with Gasteiger partial charge >= 0.3 is 5.97 Å². The Kier molecular flexibility index (Phi) is 10.6. The fourth-order valence-electron chi connectivity index (χ4n) is 2.26. The smallest absolute Gasteiger partial charge is 0.320 e. The van der Waals surface area contributed by atoms with E-state index >= 15 is 0 Å². The summed E-state index contributed by atoms with van der Waals surface area (Å²) in [4.78, 5) is 13.3. The molecule has 7 heteroatoms. The number of carbonyl (C=O) groups is 1. The standard InChI is InChI=1S/C14H30N4O3/c1-3-4-5-9-18(10-11(2)19)12(13(20)21)7-6-8-17-14(15)16/h11-12,19H,3-10H2,1-2H3,(H,20,21)(H4,15,16,17). The molecular formula is C14H30N4O3. The van der Waals surface area contributed by atoms with Gasteiger partial charge in [0.05, 0.1) is 6.10 Å². The number of hydrogen-bond acceptors (Lipinski definition) is 4. The molecule has 0 radical (unpaired) electrons. The van der Waals surface area contributed by atoms with Crippen molar-refractivity contribution in [1.82, 2.24) is 10.2 Å². The number of guanidine groups is 1. The second-order valence-corrected chi connectivity index (χ2v) is 5.39. The fraction of sp³-hybridized carbons (Fsp3) is 0.857. The monoisotopic (exact) mass is 302 g/mol. The molecule has 0 fully saturated rings. The highest BCUT2D eigenvalue weighted by Crippen LogP contribution is 2.11. The van der Waals surface area contributed by atoms with Crippen LogP contribution in [0, 0.1) is 5.41 Å². The molecule has 0 aliphatic carbocycles. The third-order valence-electron chi connectivity index (χ3n) is 3.24. The zero-order valence-electron chi connectivity index (χ0n) is 13.1. The lowest BCUT2D eigenvalue weighted by Gasteiger charge is -2.30. The Morgan fingerprint density at radius 2 is 2.05 bits per heavy atom. The van der Waals surface area contributed by atoms with Crippen molar-refractivity contribution in [2.24, 2.45) is 5.73 Å². The summed E-state index contributed by atoms with van der Waals surface area (Å²) in [6.07, 6.45) is 3.58. The van der Waals surface area contributed by atoms with Crippen LogP contribution in [0.3, 0.4) is 0 Å². The van der Waals surface area contributed by atoms with E-state index < -0.39 is 18.1 Å². The molecule has 2 unspecified atom stereocenters. The van der Waals surface area contributed by atoms with Crippen molar-refractivity contribution in [2.45, 2.75) is 58.1 Å². The number of carboxylic acids is 1. The number of nitrogens with one attached hydrogen (secondary N) is 2. The molecule has 0 saturated carbocycles. The van der Waals surface area contributed by atoms with Gasteiger partial charge < -0.3 is 21.3 Å². The van der Waals surface area contributed by atoms with E-state index in [9.17, 15) is 15.0 Å². The van der Waals surface area contributed by atoms with Crippen LogP contribution >= 0.6 is 0 Å². The Hall–Kier alpha value is -1.34. The van der Waals surface area contributed by atoms with Crippen molar-refractivity contribution >= 4 is 11.9 Å². The van der Waals surface area contributed by atoms with Crippen LogP contribution in [-0.2, 0) is 4.79 Å². The average Bonchev–Trinajstić information content (AvgIpc) is 2.36. The van der Waals surface area contributed by atoms with Crippen LogP contribution in [-0.4, -0.2) is 58.8 Å². The van der Waals surface area contributed by atoms with E-state index in [0.717, 1.165) is 19.3 Å². The maximum Gasteiger partial charge on any atom is 0.320 e. The molecule has 0 aliphatic rings. The van der Waals surface area contributed by atoms with Crippen LogP contribution in [0.1, 0.15) is 46.0 Å². The SMILES string of the molecule is CCCCCN(CC(C)O)C(CCCNC(=N)N)C(=O)O. The molecule has 7 nitrogen and oxygen atoms in total. The first-order valence-electron chi connectivity index (χ1n) is 7.61. The molecule has 0 aliphatic heterocycles. The van der Waals surface area contributed by atoms with Gasteiger partial charge in [0.2, 0.25) is 0 Å². The number of nitrogens with zero attached hydrogens (tertiary/aromatic N) is 1. The maximum atomic E-state index is 11.5. The second-order valence-electron chi connectivity index (χ2n) is 5.39. The summed E-state index contributed by atoms with van der Waals surface area (Å²) >= 11 is 0. The van der Waals surface area contributed by atoms with Gasteiger partial charge in [0.25, 0.3) is 0 Å². The molecule has 124 valence electrons. The van der Waals surface area contributed by atoms with Crippen molar-refractivity contribution in [2.75, 3.05) is 19.6 Å². The van der Waals surface area contributed by atoms with Gasteiger partial charge in [-0.25, -0.2) is 0 Å². The van der Waals surface area contributed by atoms with E-state index in [1.807, 2.05) is 4.90 Å². The van der Waals surface area contributed by atoms with Gasteiger partial charge in [-0.05, 0) is 32.7 Å². The molecule has 6 N–H and O–H groups in total. The molecule has 21 heavy (non-hydrogen) atoms. The van der Waals surface area contributed by atoms with E-state index in [1.165, 1.54) is 0 Å². The van der Waals surface area contributed by atoms with Crippen LogP contribution < -0.4 is 11.1 Å². The van der Waals surface area contributed by atoms with Gasteiger partial charge in [-0.2, -0.15) is 0 Å². The highest BCUT2D eigenvalue weighted by atomic mass is 16.4. The van der Waals surface area contributed by atoms with Gasteiger partial charge in [-0.15, -0.1) is 0 Å². The number of aliphatic carboxylic acids is 1. The van der Waals surface area contributed by atoms with E-state index in [0.29, 0.717) is 32.5 Å². The van der Waals surface area contributed by atoms with Crippen LogP contribution in [0.4, 0.5) is 0 Å². The highest BCUT2D eigenvalue weighted by molar-refractivity contribution is 5.74. The molecule has 0 amide bonds. The number of nitrogens with two attached hydrogens (primary N) is 1. The molecule has 0 aromatic heterocycles. The number of carboxylic acid groups (broad SMARTS) is 1. The molecule has 0 spiro atoms. The van der Waals surface area contributed by atoms with E-state index in [4.69, 9.17) is 11.1 Å². The number of rotatable bonds is 12. The molecule has 0 aromatic rings. The summed E-state index contributed by atoms with van der Waals surface area (Å²) < 4.78 is 0. The molecule has 0 aromatic carbocycles. The van der Waals surface area contributed by atoms with Gasteiger partial charge in [0.15, 0.2) is 5.96 Å². The number of unbranched alkanes of at least 4 members (excludes halogenated alkanes) is 2. The Morgan fingerprint density at radius 3 is 2.52 bits per heavy atom. The Labute approximate surface area is 127 Å². The van der Waals surface area contributed by atoms with Gasteiger partial charge in [-0.1, -0.05) is 19.8 Å². The van der Waals surface area contributed by atoms with Crippen molar-refractivity contribution in [1.29, 1.82) is 5.41 Å². The molecule has 0 saturated heterocycles. The van der Waals surface area contributed by atoms with Crippen LogP contribution in [0.5, 0.6) is 0 Å². The molecule has 0 bridgehead atoms. The summed E-state index contributed by atoms with van der Waals surface area (Å²) in [6, 6.07) is -0.606. The van der Waals surface area contributed by atoms with Crippen LogP contribution in [0.2, 0.25) is 0 Å². The second kappa shape index (κ2) is 11.3. The summed E-state index contributed by atoms with van der Waals surface area (Å²) in [5.41, 5.74) is 5.19. The predicted octanol–water partition coefficient (Wildman–Crippen LogP) is 0.576. The van der Waals surface area contributed by atoms with Gasteiger partial charge in [0.1, 0.15) is 6.04 Å². The Morgan fingerprint density at radius 1 is 1.38 bits per heavy atom. The maximum absolute atomic E-state index is 11.5. The zero-order valence-corrected chi connectivity index (χ0v) is 13.1. The van der Waals surface area contributed by atoms with E-state index in [-0.39, 0.29) is 5.96 Å². The lowest BCUT2D eigenvalue weighted by Crippen LogP contribution is -2.45. The van der Waals surface area contributed by atoms with Gasteiger partial charge in [-0.3, -0.25) is 15.1 Å². The van der Waals surface area contributed by atoms with E-state index in [2.05, 4.69) is 12.2 Å². The average molecular weight is 302 g/mol. The summed E-state index contributed by atoms with van der Waals surface area (Å²) in [5.74, 6) is -0.972. The third-order valence-corrected chi connectivity index (χ3v) is 3.24. The largest absolute Gasteiger partial charge is 0.480 e. The Balaban J connectivity index is 4.48. The number of hydrogen-bond donors (Lipinski definition) is 5. The fourth-order valence-corrected chi connectivity index (χ4v) is 2.26. The summed E-state index contributed by atoms with van der Waals surface area (Å²) in [5, 5.41) is 28.7. The first-order chi connectivity index (χ1) is 9.88. The van der Waals surface area contributed by atoms with E-state index in [1.54, 1.807) is 6.92 Å². The lowest BCUT2D eigenvalue weighted by atomic mass is 10.1. The number of aliphatic hydroxyl groups excluding tert-OH is 1. The minimum absolute atomic E-state index is 0.106. The quantitative estimate of drug-likeness (QED) is 0.204. The predicted molar refractivity (Wildman–Crippen MR) is 83.4 cm³/mol. The van der Waals surface area contributed by atoms with Crippen LogP contribution in [0.25, 0.3) is 0 Å². The minimum Gasteiger partial charge on any atom is -0.480 e. The Bertz CT molecular complexity index is 311. The van der Waals surface area contributed by atoms with Crippen LogP contribution in [0.15, 0.2) is 0 Å². The molecule has 0 heterocycles. The zero-order chi connectivity index (χ0) is 16.3. The number of aliphatic hydroxyl groups is 1. The normalized spacial score (nSPS) is 13.9. The summed E-state index contributed by atoms with van der Waals surface area (Å²) in [6.45, 7) is 5.29. The molecule has 0 rings (SSSR count). The topological polar surface area (TPSA) is 123 Å². The first-order valence-corrected chi connectivity index (χ1v) is 7.61. The van der Waals surface area contributed by atoms with Crippen molar-refractivity contribution in [3.05, 3.63) is 0 Å². The first kappa shape index (κ1) is 19.7. The minimum atomic E-state index is -0.866. The highest BCUT2D eigenvalue weighted by Gasteiger charge is 2.25. The van der Waals surface area contributed by atoms with Crippen molar-refractivity contribution in [3.63, 3.8) is 0 Å². The van der Waals surface area contributed by atoms with Gasteiger partial charge in [0, 0.05) is 13.1 Å². The summed E-state index contributed by atoms with van der Waals surface area (Å²) in [7, 11) is 0. The molecular weight excluding hydrogens is 272 g/mol. The molecule has 2 atom stereocenters. The lowest BCUT2D eigenvalue weighted by molar-refractivity contribution is -0.144.